The van der Waals surface area contributed by atoms with Crippen molar-refractivity contribution in [3.05, 3.63) is 65.2 Å². The van der Waals surface area contributed by atoms with Gasteiger partial charge in [0.25, 0.3) is 0 Å². The molecule has 0 saturated carbocycles. The van der Waals surface area contributed by atoms with Crippen molar-refractivity contribution in [1.82, 2.24) is 5.32 Å². The minimum atomic E-state index is 0.376. The molecule has 0 amide bonds. The maximum Gasteiger partial charge on any atom is 0.118 e. The Morgan fingerprint density at radius 3 is 2.45 bits per heavy atom. The molecule has 1 N–H and O–H groups in total. The van der Waals surface area contributed by atoms with E-state index in [4.69, 9.17) is 4.74 Å². The molecule has 0 bridgehead atoms. The van der Waals surface area contributed by atoms with Gasteiger partial charge in [0.1, 0.15) is 5.75 Å². The number of benzene rings is 2. The third kappa shape index (κ3) is 3.84. The van der Waals surface area contributed by atoms with Crippen LogP contribution in [0.5, 0.6) is 5.75 Å². The van der Waals surface area contributed by atoms with Crippen molar-refractivity contribution in [3.8, 4) is 5.75 Å². The first-order chi connectivity index (χ1) is 9.72. The summed E-state index contributed by atoms with van der Waals surface area (Å²) < 4.78 is 5.20. The Balaban J connectivity index is 2.01. The lowest BCUT2D eigenvalue weighted by Crippen LogP contribution is -2.17. The Kier molecular flexibility index (Phi) is 5.19. The van der Waals surface area contributed by atoms with E-state index in [2.05, 4.69) is 48.6 Å². The van der Waals surface area contributed by atoms with Crippen LogP contribution < -0.4 is 10.1 Å². The summed E-state index contributed by atoms with van der Waals surface area (Å²) in [5.74, 6) is 0.905. The van der Waals surface area contributed by atoms with E-state index in [1.807, 2.05) is 19.2 Å². The highest BCUT2D eigenvalue weighted by Gasteiger charge is 2.09. The number of aryl methyl sites for hydroxylation is 2. The van der Waals surface area contributed by atoms with Crippen molar-refractivity contribution in [3.63, 3.8) is 0 Å². The highest BCUT2D eigenvalue weighted by atomic mass is 16.5. The van der Waals surface area contributed by atoms with Gasteiger partial charge in [-0.1, -0.05) is 42.0 Å². The summed E-state index contributed by atoms with van der Waals surface area (Å²) in [6, 6.07) is 17.4. The predicted octanol–water partition coefficient (Wildman–Crippen LogP) is 3.90. The smallest absolute Gasteiger partial charge is 0.118 e. The summed E-state index contributed by atoms with van der Waals surface area (Å²) in [7, 11) is 3.72. The summed E-state index contributed by atoms with van der Waals surface area (Å²) in [4.78, 5) is 0. The Labute approximate surface area is 121 Å². The Hall–Kier alpha value is -1.80. The van der Waals surface area contributed by atoms with Crippen LogP contribution in [0.15, 0.2) is 48.5 Å². The van der Waals surface area contributed by atoms with E-state index in [9.17, 15) is 0 Å². The second-order valence-electron chi connectivity index (χ2n) is 5.14. The fourth-order valence-electron chi connectivity index (χ4n) is 2.49. The van der Waals surface area contributed by atoms with Crippen molar-refractivity contribution in [2.45, 2.75) is 25.8 Å². The van der Waals surface area contributed by atoms with Crippen LogP contribution in [0, 0.1) is 6.92 Å². The summed E-state index contributed by atoms with van der Waals surface area (Å²) in [6.45, 7) is 2.14. The second-order valence-corrected chi connectivity index (χ2v) is 5.14. The van der Waals surface area contributed by atoms with Crippen LogP contribution in [-0.4, -0.2) is 14.2 Å². The summed E-state index contributed by atoms with van der Waals surface area (Å²) in [5.41, 5.74) is 4.03. The number of methoxy groups -OCH3 is 1. The first-order valence-corrected chi connectivity index (χ1v) is 7.09. The standard InChI is InChI=1S/C18H23NO/c1-14-5-4-6-15(13-14)7-12-18(19-2)16-8-10-17(20-3)11-9-16/h4-6,8-11,13,18-19H,7,12H2,1-3H3. The number of nitrogens with one attached hydrogen (secondary N) is 1. The van der Waals surface area contributed by atoms with Crippen molar-refractivity contribution < 1.29 is 4.74 Å². The second kappa shape index (κ2) is 7.11. The fourth-order valence-corrected chi connectivity index (χ4v) is 2.49. The van der Waals surface area contributed by atoms with Crippen molar-refractivity contribution >= 4 is 0 Å². The molecule has 2 nitrogen and oxygen atoms in total. The Morgan fingerprint density at radius 2 is 1.85 bits per heavy atom. The zero-order chi connectivity index (χ0) is 14.4. The van der Waals surface area contributed by atoms with E-state index in [1.54, 1.807) is 7.11 Å². The van der Waals surface area contributed by atoms with Gasteiger partial charge >= 0.3 is 0 Å². The van der Waals surface area contributed by atoms with E-state index in [1.165, 1.54) is 16.7 Å². The molecule has 0 heterocycles. The molecule has 1 atom stereocenters. The zero-order valence-corrected chi connectivity index (χ0v) is 12.5. The lowest BCUT2D eigenvalue weighted by molar-refractivity contribution is 0.414. The van der Waals surface area contributed by atoms with Gasteiger partial charge in [-0.2, -0.15) is 0 Å². The predicted molar refractivity (Wildman–Crippen MR) is 84.3 cm³/mol. The average molecular weight is 269 g/mol. The van der Waals surface area contributed by atoms with Crippen LogP contribution in [0.3, 0.4) is 0 Å². The molecule has 0 spiro atoms. The molecule has 2 rings (SSSR count). The highest BCUT2D eigenvalue weighted by Crippen LogP contribution is 2.21. The molecule has 0 radical (unpaired) electrons. The third-order valence-corrected chi connectivity index (χ3v) is 3.67. The van der Waals surface area contributed by atoms with E-state index in [-0.39, 0.29) is 0 Å². The summed E-state index contributed by atoms with van der Waals surface area (Å²) in [5, 5.41) is 3.40. The quantitative estimate of drug-likeness (QED) is 0.859. The van der Waals surface area contributed by atoms with E-state index in [0.29, 0.717) is 6.04 Å². The molecule has 0 aliphatic rings. The fraction of sp³-hybridized carbons (Fsp3) is 0.333. The number of hydrogen-bond donors (Lipinski definition) is 1. The molecule has 20 heavy (non-hydrogen) atoms. The first-order valence-electron chi connectivity index (χ1n) is 7.09. The van der Waals surface area contributed by atoms with Gasteiger partial charge in [-0.15, -0.1) is 0 Å². The van der Waals surface area contributed by atoms with Gasteiger partial charge in [-0.05, 0) is 50.1 Å². The topological polar surface area (TPSA) is 21.3 Å². The van der Waals surface area contributed by atoms with Crippen LogP contribution in [0.4, 0.5) is 0 Å². The first kappa shape index (κ1) is 14.6. The van der Waals surface area contributed by atoms with Crippen molar-refractivity contribution in [1.29, 1.82) is 0 Å². The molecule has 0 fully saturated rings. The van der Waals surface area contributed by atoms with Gasteiger partial charge in [0.15, 0.2) is 0 Å². The lowest BCUT2D eigenvalue weighted by atomic mass is 9.98. The molecule has 0 saturated heterocycles. The van der Waals surface area contributed by atoms with Crippen molar-refractivity contribution in [2.24, 2.45) is 0 Å². The minimum Gasteiger partial charge on any atom is -0.497 e. The molecule has 0 aromatic heterocycles. The molecule has 1 unspecified atom stereocenters. The van der Waals surface area contributed by atoms with Crippen LogP contribution >= 0.6 is 0 Å². The Morgan fingerprint density at radius 1 is 1.10 bits per heavy atom. The molecular formula is C18H23NO. The third-order valence-electron chi connectivity index (χ3n) is 3.67. The van der Waals surface area contributed by atoms with Gasteiger partial charge in [0.2, 0.25) is 0 Å². The van der Waals surface area contributed by atoms with E-state index < -0.39 is 0 Å². The van der Waals surface area contributed by atoms with Crippen molar-refractivity contribution in [2.75, 3.05) is 14.2 Å². The normalized spacial score (nSPS) is 12.2. The minimum absolute atomic E-state index is 0.376. The van der Waals surface area contributed by atoms with Crippen LogP contribution in [0.2, 0.25) is 0 Å². The monoisotopic (exact) mass is 269 g/mol. The largest absolute Gasteiger partial charge is 0.497 e. The maximum absolute atomic E-state index is 5.20. The summed E-state index contributed by atoms with van der Waals surface area (Å²) >= 11 is 0. The van der Waals surface area contributed by atoms with Gasteiger partial charge < -0.3 is 10.1 Å². The van der Waals surface area contributed by atoms with E-state index >= 15 is 0 Å². The molecule has 106 valence electrons. The molecule has 0 aliphatic carbocycles. The SMILES string of the molecule is CNC(CCc1cccc(C)c1)c1ccc(OC)cc1. The highest BCUT2D eigenvalue weighted by molar-refractivity contribution is 5.29. The van der Waals surface area contributed by atoms with Crippen LogP contribution in [-0.2, 0) is 6.42 Å². The van der Waals surface area contributed by atoms with Gasteiger partial charge in [-0.3, -0.25) is 0 Å². The number of ether oxygens (including phenoxy) is 1. The van der Waals surface area contributed by atoms with Crippen LogP contribution in [0.1, 0.15) is 29.2 Å². The summed E-state index contributed by atoms with van der Waals surface area (Å²) in [6.07, 6.45) is 2.17. The Bertz CT molecular complexity index is 533. The zero-order valence-electron chi connectivity index (χ0n) is 12.5. The molecular weight excluding hydrogens is 246 g/mol. The number of rotatable bonds is 6. The van der Waals surface area contributed by atoms with Gasteiger partial charge in [0.05, 0.1) is 7.11 Å². The maximum atomic E-state index is 5.20. The molecule has 2 aromatic carbocycles. The molecule has 2 heteroatoms. The van der Waals surface area contributed by atoms with E-state index in [0.717, 1.165) is 18.6 Å². The lowest BCUT2D eigenvalue weighted by Gasteiger charge is -2.17. The van der Waals surface area contributed by atoms with Crippen LogP contribution in [0.25, 0.3) is 0 Å². The number of hydrogen-bond acceptors (Lipinski definition) is 2. The molecule has 0 aliphatic heterocycles. The van der Waals surface area contributed by atoms with Gasteiger partial charge in [-0.25, -0.2) is 0 Å². The molecule has 2 aromatic rings. The van der Waals surface area contributed by atoms with Gasteiger partial charge in [0, 0.05) is 6.04 Å². The average Bonchev–Trinajstić information content (AvgIpc) is 2.48.